The van der Waals surface area contributed by atoms with Crippen LogP contribution in [0.2, 0.25) is 20.1 Å². The molecule has 4 N–H and O–H groups in total. The summed E-state index contributed by atoms with van der Waals surface area (Å²) in [5.41, 5.74) is 7.84. The summed E-state index contributed by atoms with van der Waals surface area (Å²) >= 11 is 24.0. The van der Waals surface area contributed by atoms with Crippen LogP contribution in [0.15, 0.2) is 36.4 Å². The van der Waals surface area contributed by atoms with Crippen LogP contribution in [0.1, 0.15) is 77.6 Å². The van der Waals surface area contributed by atoms with Crippen molar-refractivity contribution in [2.24, 2.45) is 16.6 Å². The van der Waals surface area contributed by atoms with Crippen LogP contribution in [0, 0.1) is 10.8 Å². The first-order valence-electron chi connectivity index (χ1n) is 16.0. The van der Waals surface area contributed by atoms with Crippen molar-refractivity contribution >= 4 is 52.4 Å². The van der Waals surface area contributed by atoms with Gasteiger partial charge in [-0.2, -0.15) is 0 Å². The molecule has 2 aromatic carbocycles. The first-order chi connectivity index (χ1) is 21.3. The maximum atomic E-state index is 12.7. The van der Waals surface area contributed by atoms with Crippen molar-refractivity contribution in [3.05, 3.63) is 67.6 Å². The predicted molar refractivity (Wildman–Crippen MR) is 199 cm³/mol. The molecular weight excluding hydrogens is 662 g/mol. The van der Waals surface area contributed by atoms with Gasteiger partial charge in [0.15, 0.2) is 0 Å². The van der Waals surface area contributed by atoms with E-state index in [1.807, 2.05) is 50.1 Å². The quantitative estimate of drug-likeness (QED) is 0.290. The summed E-state index contributed by atoms with van der Waals surface area (Å²) in [7, 11) is 8.27. The molecule has 11 heteroatoms. The van der Waals surface area contributed by atoms with Gasteiger partial charge in [0.25, 0.3) is 0 Å². The number of urea groups is 1. The molecule has 2 aromatic rings. The third-order valence-electron chi connectivity index (χ3n) is 9.18. The van der Waals surface area contributed by atoms with Gasteiger partial charge in [0.1, 0.15) is 0 Å². The summed E-state index contributed by atoms with van der Waals surface area (Å²) in [6.07, 6.45) is 2.25. The fraction of sp³-hybridized carbons (Fsp3) is 0.629. The molecule has 0 spiro atoms. The number of halogens is 4. The van der Waals surface area contributed by atoms with Crippen LogP contribution in [0.3, 0.4) is 0 Å². The standard InChI is InChI=1S/C18H27Cl2N3O.C9H20N2.C8H9Cl2N/c1-12(13-7-6-8-14(19)16(13)20)21-17(24)23(5)15-9-10-22(4)11-18(15,2)3;1-9(2)7-11(4)6-5-8(9)10-3;1-5(11)6-3-2-4-7(9)8(6)10/h6-8,12,15H,9-11H2,1-5H3,(H,21,24);8,10H,5-7H2,1-4H3;2-5H,11H2,1H3. The second-order valence-corrected chi connectivity index (χ2v) is 15.8. The minimum absolute atomic E-state index is 0.0516. The minimum Gasteiger partial charge on any atom is -0.331 e. The molecule has 0 aliphatic carbocycles. The molecule has 0 saturated carbocycles. The molecule has 2 heterocycles. The molecule has 0 bridgehead atoms. The average Bonchev–Trinajstić information content (AvgIpc) is 2.95. The van der Waals surface area contributed by atoms with E-state index in [4.69, 9.17) is 52.1 Å². The van der Waals surface area contributed by atoms with E-state index in [9.17, 15) is 4.79 Å². The van der Waals surface area contributed by atoms with Gasteiger partial charge in [-0.05, 0) is 95.0 Å². The molecule has 2 aliphatic rings. The first kappa shape index (κ1) is 40.9. The number of hydrogen-bond acceptors (Lipinski definition) is 5. The van der Waals surface area contributed by atoms with Gasteiger partial charge in [-0.15, -0.1) is 0 Å². The summed E-state index contributed by atoms with van der Waals surface area (Å²) < 4.78 is 0. The summed E-state index contributed by atoms with van der Waals surface area (Å²) in [4.78, 5) is 19.3. The number of rotatable bonds is 5. The number of benzene rings is 2. The topological polar surface area (TPSA) is 76.9 Å². The molecule has 7 nitrogen and oxygen atoms in total. The molecule has 0 radical (unpaired) electrons. The van der Waals surface area contributed by atoms with Crippen LogP contribution >= 0.6 is 46.4 Å². The lowest BCUT2D eigenvalue weighted by atomic mass is 9.78. The van der Waals surface area contributed by atoms with Crippen LogP contribution in [0.25, 0.3) is 0 Å². The fourth-order valence-corrected chi connectivity index (χ4v) is 7.68. The van der Waals surface area contributed by atoms with Gasteiger partial charge in [0.2, 0.25) is 0 Å². The Hall–Kier alpha value is -1.29. The van der Waals surface area contributed by atoms with Crippen LogP contribution in [0.5, 0.6) is 0 Å². The Labute approximate surface area is 298 Å². The van der Waals surface area contributed by atoms with Gasteiger partial charge in [-0.1, -0.05) is 98.4 Å². The fourth-order valence-electron chi connectivity index (χ4n) is 6.72. The number of likely N-dealkylation sites (tertiary alicyclic amines) is 2. The highest BCUT2D eigenvalue weighted by Gasteiger charge is 2.39. The number of amides is 2. The van der Waals surface area contributed by atoms with Crippen LogP contribution in [-0.4, -0.2) is 87.2 Å². The smallest absolute Gasteiger partial charge is 0.317 e. The maximum Gasteiger partial charge on any atom is 0.317 e. The van der Waals surface area contributed by atoms with E-state index in [2.05, 4.69) is 69.3 Å². The third kappa shape index (κ3) is 11.4. The Morgan fingerprint density at radius 1 is 0.870 bits per heavy atom. The van der Waals surface area contributed by atoms with E-state index in [1.165, 1.54) is 19.5 Å². The zero-order valence-electron chi connectivity index (χ0n) is 29.4. The largest absolute Gasteiger partial charge is 0.331 e. The van der Waals surface area contributed by atoms with E-state index in [-0.39, 0.29) is 29.6 Å². The van der Waals surface area contributed by atoms with E-state index >= 15 is 0 Å². The lowest BCUT2D eigenvalue weighted by molar-refractivity contribution is 0.0446. The Bertz CT molecular complexity index is 1270. The van der Waals surface area contributed by atoms with Gasteiger partial charge in [0.05, 0.1) is 26.1 Å². The van der Waals surface area contributed by atoms with Crippen molar-refractivity contribution < 1.29 is 4.79 Å². The van der Waals surface area contributed by atoms with Crippen molar-refractivity contribution in [2.45, 2.75) is 78.6 Å². The number of carbonyl (C=O) groups excluding carboxylic acids is 1. The Morgan fingerprint density at radius 3 is 1.80 bits per heavy atom. The summed E-state index contributed by atoms with van der Waals surface area (Å²) in [6, 6.07) is 11.5. The monoisotopic (exact) mass is 716 g/mol. The number of nitrogens with two attached hydrogens (primary N) is 1. The Balaban J connectivity index is 0.000000277. The van der Waals surface area contributed by atoms with Gasteiger partial charge in [-0.3, -0.25) is 0 Å². The highest BCUT2D eigenvalue weighted by Crippen LogP contribution is 2.34. The molecule has 2 aliphatic heterocycles. The third-order valence-corrected chi connectivity index (χ3v) is 10.8. The number of hydrogen-bond donors (Lipinski definition) is 3. The highest BCUT2D eigenvalue weighted by molar-refractivity contribution is 6.43. The number of nitrogens with one attached hydrogen (secondary N) is 2. The van der Waals surface area contributed by atoms with Crippen LogP contribution in [0.4, 0.5) is 4.79 Å². The molecule has 4 unspecified atom stereocenters. The van der Waals surface area contributed by atoms with Crippen molar-refractivity contribution in [2.75, 3.05) is 54.4 Å². The van der Waals surface area contributed by atoms with Gasteiger partial charge in [-0.25, -0.2) is 4.79 Å². The lowest BCUT2D eigenvalue weighted by Crippen LogP contribution is -2.57. The second kappa shape index (κ2) is 17.9. The van der Waals surface area contributed by atoms with Gasteiger partial charge in [0, 0.05) is 38.3 Å². The SMILES string of the molecule is CC(N)c1cccc(Cl)c1Cl.CC(NC(=O)N(C)C1CCN(C)CC1(C)C)c1cccc(Cl)c1Cl.CNC1CCN(C)CC1(C)C. The highest BCUT2D eigenvalue weighted by atomic mass is 35.5. The molecule has 0 aromatic heterocycles. The first-order valence-corrected chi connectivity index (χ1v) is 17.5. The average molecular weight is 719 g/mol. The molecule has 260 valence electrons. The van der Waals surface area contributed by atoms with E-state index in [1.54, 1.807) is 12.1 Å². The minimum atomic E-state index is -0.208. The van der Waals surface area contributed by atoms with Crippen molar-refractivity contribution in [1.29, 1.82) is 0 Å². The zero-order valence-corrected chi connectivity index (χ0v) is 32.4. The zero-order chi connectivity index (χ0) is 35.0. The number of nitrogens with zero attached hydrogens (tertiary/aromatic N) is 3. The predicted octanol–water partition coefficient (Wildman–Crippen LogP) is 8.38. The molecule has 2 amide bonds. The lowest BCUT2D eigenvalue weighted by Gasteiger charge is -2.47. The van der Waals surface area contributed by atoms with Crippen molar-refractivity contribution in [1.82, 2.24) is 25.3 Å². The van der Waals surface area contributed by atoms with Crippen molar-refractivity contribution in [3.63, 3.8) is 0 Å². The molecule has 2 saturated heterocycles. The summed E-state index contributed by atoms with van der Waals surface area (Å²) in [5.74, 6) is 0. The molecule has 46 heavy (non-hydrogen) atoms. The molecule has 4 atom stereocenters. The van der Waals surface area contributed by atoms with Crippen LogP contribution < -0.4 is 16.4 Å². The summed E-state index contributed by atoms with van der Waals surface area (Å²) in [5, 5.41) is 8.54. The Kier molecular flexibility index (Phi) is 15.9. The van der Waals surface area contributed by atoms with Crippen LogP contribution in [-0.2, 0) is 0 Å². The van der Waals surface area contributed by atoms with E-state index < -0.39 is 0 Å². The molecular formula is C35H56Cl4N6O. The maximum absolute atomic E-state index is 12.7. The van der Waals surface area contributed by atoms with Crippen molar-refractivity contribution in [3.8, 4) is 0 Å². The second-order valence-electron chi connectivity index (χ2n) is 14.2. The number of piperidine rings is 2. The number of carbonyl (C=O) groups is 1. The summed E-state index contributed by atoms with van der Waals surface area (Å²) in [6.45, 7) is 17.3. The van der Waals surface area contributed by atoms with E-state index in [0.717, 1.165) is 30.6 Å². The van der Waals surface area contributed by atoms with Gasteiger partial charge < -0.3 is 31.1 Å². The normalized spacial score (nSPS) is 22.3. The van der Waals surface area contributed by atoms with E-state index in [0.29, 0.717) is 31.5 Å². The molecule has 4 rings (SSSR count). The Morgan fingerprint density at radius 2 is 1.35 bits per heavy atom. The van der Waals surface area contributed by atoms with Gasteiger partial charge >= 0.3 is 6.03 Å². The molecule has 2 fully saturated rings.